The van der Waals surface area contributed by atoms with Gasteiger partial charge in [0, 0.05) is 16.1 Å². The second kappa shape index (κ2) is 6.86. The minimum atomic E-state index is -0.0759. The first-order valence-electron chi connectivity index (χ1n) is 6.96. The lowest BCUT2D eigenvalue weighted by atomic mass is 10.1. The molecule has 0 unspecified atom stereocenters. The largest absolute Gasteiger partial charge is 0.457 e. The SMILES string of the molecule is O=C(/C=C/c1ccc(-c2ccc(Cl)cc2Cl)o1)c1ccccc1. The lowest BCUT2D eigenvalue weighted by molar-refractivity contribution is 0.104. The van der Waals surface area contributed by atoms with Gasteiger partial charge in [-0.2, -0.15) is 0 Å². The summed E-state index contributed by atoms with van der Waals surface area (Å²) in [7, 11) is 0. The Morgan fingerprint density at radius 1 is 0.957 bits per heavy atom. The van der Waals surface area contributed by atoms with E-state index in [2.05, 4.69) is 0 Å². The van der Waals surface area contributed by atoms with E-state index in [1.54, 1.807) is 42.5 Å². The summed E-state index contributed by atoms with van der Waals surface area (Å²) in [5.41, 5.74) is 1.39. The molecule has 23 heavy (non-hydrogen) atoms. The summed E-state index contributed by atoms with van der Waals surface area (Å²) >= 11 is 12.1. The van der Waals surface area contributed by atoms with Crippen LogP contribution in [0, 0.1) is 0 Å². The van der Waals surface area contributed by atoms with E-state index in [1.165, 1.54) is 6.08 Å². The molecule has 2 nitrogen and oxygen atoms in total. The molecule has 0 N–H and O–H groups in total. The van der Waals surface area contributed by atoms with E-state index in [4.69, 9.17) is 27.6 Å². The fourth-order valence-electron chi connectivity index (χ4n) is 2.13. The van der Waals surface area contributed by atoms with E-state index in [0.717, 1.165) is 5.56 Å². The van der Waals surface area contributed by atoms with Crippen LogP contribution in [0.4, 0.5) is 0 Å². The molecule has 0 aliphatic heterocycles. The van der Waals surface area contributed by atoms with Crippen LogP contribution in [-0.4, -0.2) is 5.78 Å². The predicted octanol–water partition coefficient (Wildman–Crippen LogP) is 6.15. The lowest BCUT2D eigenvalue weighted by Gasteiger charge is -2.00. The minimum absolute atomic E-state index is 0.0759. The smallest absolute Gasteiger partial charge is 0.185 e. The third-order valence-electron chi connectivity index (χ3n) is 3.28. The molecule has 0 saturated carbocycles. The summed E-state index contributed by atoms with van der Waals surface area (Å²) < 4.78 is 5.71. The Morgan fingerprint density at radius 2 is 1.74 bits per heavy atom. The first-order valence-corrected chi connectivity index (χ1v) is 7.72. The number of hydrogen-bond donors (Lipinski definition) is 0. The highest BCUT2D eigenvalue weighted by Gasteiger charge is 2.08. The Labute approximate surface area is 144 Å². The standard InChI is InChI=1S/C19H12Cl2O2/c20-14-6-9-16(17(21)12-14)19-11-8-15(23-19)7-10-18(22)13-4-2-1-3-5-13/h1-12H/b10-7+. The summed E-state index contributed by atoms with van der Waals surface area (Å²) in [5, 5.41) is 1.08. The van der Waals surface area contributed by atoms with Gasteiger partial charge in [-0.05, 0) is 42.5 Å². The van der Waals surface area contributed by atoms with Crippen molar-refractivity contribution in [2.75, 3.05) is 0 Å². The summed E-state index contributed by atoms with van der Waals surface area (Å²) in [6, 6.07) is 17.9. The summed E-state index contributed by atoms with van der Waals surface area (Å²) in [5.74, 6) is 1.13. The number of hydrogen-bond acceptors (Lipinski definition) is 2. The van der Waals surface area contributed by atoms with Gasteiger partial charge in [0.2, 0.25) is 0 Å². The van der Waals surface area contributed by atoms with Gasteiger partial charge in [0.1, 0.15) is 11.5 Å². The van der Waals surface area contributed by atoms with Crippen LogP contribution >= 0.6 is 23.2 Å². The van der Waals surface area contributed by atoms with Crippen molar-refractivity contribution >= 4 is 35.1 Å². The van der Waals surface area contributed by atoms with Crippen LogP contribution in [-0.2, 0) is 0 Å². The number of furan rings is 1. The quantitative estimate of drug-likeness (QED) is 0.420. The highest BCUT2D eigenvalue weighted by atomic mass is 35.5. The molecular formula is C19H12Cl2O2. The second-order valence-corrected chi connectivity index (χ2v) is 5.73. The van der Waals surface area contributed by atoms with Crippen molar-refractivity contribution in [3.8, 4) is 11.3 Å². The molecule has 1 heterocycles. The van der Waals surface area contributed by atoms with Crippen molar-refractivity contribution in [3.05, 3.63) is 88.1 Å². The maximum absolute atomic E-state index is 12.0. The molecule has 0 aliphatic carbocycles. The Kier molecular flexibility index (Phi) is 4.65. The Balaban J connectivity index is 1.80. The van der Waals surface area contributed by atoms with E-state index in [9.17, 15) is 4.79 Å². The van der Waals surface area contributed by atoms with Gasteiger partial charge in [0.05, 0.1) is 5.02 Å². The number of carbonyl (C=O) groups is 1. The van der Waals surface area contributed by atoms with Crippen molar-refractivity contribution in [2.24, 2.45) is 0 Å². The summed E-state index contributed by atoms with van der Waals surface area (Å²) in [6.45, 7) is 0. The number of ketones is 1. The molecule has 2 aromatic carbocycles. The highest BCUT2D eigenvalue weighted by Crippen LogP contribution is 2.31. The Hall–Kier alpha value is -2.29. The van der Waals surface area contributed by atoms with Crippen LogP contribution in [0.5, 0.6) is 0 Å². The molecule has 0 amide bonds. The van der Waals surface area contributed by atoms with Crippen LogP contribution in [0.15, 0.2) is 71.2 Å². The van der Waals surface area contributed by atoms with Crippen molar-refractivity contribution in [1.82, 2.24) is 0 Å². The molecule has 0 atom stereocenters. The van der Waals surface area contributed by atoms with Gasteiger partial charge < -0.3 is 4.42 Å². The van der Waals surface area contributed by atoms with Crippen LogP contribution in [0.1, 0.15) is 16.1 Å². The van der Waals surface area contributed by atoms with Crippen molar-refractivity contribution in [3.63, 3.8) is 0 Å². The maximum atomic E-state index is 12.0. The monoisotopic (exact) mass is 342 g/mol. The van der Waals surface area contributed by atoms with Crippen LogP contribution in [0.25, 0.3) is 17.4 Å². The van der Waals surface area contributed by atoms with Crippen LogP contribution in [0.2, 0.25) is 10.0 Å². The van der Waals surface area contributed by atoms with Gasteiger partial charge >= 0.3 is 0 Å². The fourth-order valence-corrected chi connectivity index (χ4v) is 2.63. The van der Waals surface area contributed by atoms with Gasteiger partial charge in [0.25, 0.3) is 0 Å². The van der Waals surface area contributed by atoms with E-state index in [0.29, 0.717) is 27.1 Å². The zero-order valence-corrected chi connectivity index (χ0v) is 13.5. The van der Waals surface area contributed by atoms with Crippen molar-refractivity contribution in [1.29, 1.82) is 0 Å². The normalized spacial score (nSPS) is 11.0. The third kappa shape index (κ3) is 3.73. The van der Waals surface area contributed by atoms with E-state index >= 15 is 0 Å². The first-order chi connectivity index (χ1) is 11.1. The topological polar surface area (TPSA) is 30.2 Å². The van der Waals surface area contributed by atoms with Gasteiger partial charge in [0.15, 0.2) is 5.78 Å². The molecule has 3 rings (SSSR count). The average molecular weight is 343 g/mol. The van der Waals surface area contributed by atoms with E-state index in [1.807, 2.05) is 24.3 Å². The first kappa shape index (κ1) is 15.6. The molecular weight excluding hydrogens is 331 g/mol. The molecule has 0 bridgehead atoms. The molecule has 4 heteroatoms. The van der Waals surface area contributed by atoms with E-state index < -0.39 is 0 Å². The molecule has 0 spiro atoms. The number of allylic oxidation sites excluding steroid dienone is 1. The van der Waals surface area contributed by atoms with E-state index in [-0.39, 0.29) is 5.78 Å². The number of halogens is 2. The van der Waals surface area contributed by atoms with Crippen molar-refractivity contribution in [2.45, 2.75) is 0 Å². The third-order valence-corrected chi connectivity index (χ3v) is 3.83. The molecule has 0 fully saturated rings. The van der Waals surface area contributed by atoms with Gasteiger partial charge in [-0.3, -0.25) is 4.79 Å². The summed E-state index contributed by atoms with van der Waals surface area (Å²) in [6.07, 6.45) is 3.13. The molecule has 3 aromatic rings. The Morgan fingerprint density at radius 3 is 2.48 bits per heavy atom. The highest BCUT2D eigenvalue weighted by molar-refractivity contribution is 6.36. The van der Waals surface area contributed by atoms with Crippen LogP contribution in [0.3, 0.4) is 0 Å². The number of rotatable bonds is 4. The zero-order chi connectivity index (χ0) is 16.2. The zero-order valence-electron chi connectivity index (χ0n) is 12.0. The van der Waals surface area contributed by atoms with Gasteiger partial charge in [-0.1, -0.05) is 53.5 Å². The number of benzene rings is 2. The molecule has 0 radical (unpaired) electrons. The van der Waals surface area contributed by atoms with Gasteiger partial charge in [-0.15, -0.1) is 0 Å². The second-order valence-electron chi connectivity index (χ2n) is 4.89. The molecule has 0 saturated heterocycles. The molecule has 1 aromatic heterocycles. The fraction of sp³-hybridized carbons (Fsp3) is 0. The number of carbonyl (C=O) groups excluding carboxylic acids is 1. The molecule has 114 valence electrons. The van der Waals surface area contributed by atoms with Crippen molar-refractivity contribution < 1.29 is 9.21 Å². The maximum Gasteiger partial charge on any atom is 0.185 e. The molecule has 0 aliphatic rings. The van der Waals surface area contributed by atoms with Gasteiger partial charge in [-0.25, -0.2) is 0 Å². The lowest BCUT2D eigenvalue weighted by Crippen LogP contribution is -1.92. The Bertz CT molecular complexity index is 864. The van der Waals surface area contributed by atoms with Crippen LogP contribution < -0.4 is 0 Å². The minimum Gasteiger partial charge on any atom is -0.457 e. The summed E-state index contributed by atoms with van der Waals surface area (Å²) in [4.78, 5) is 12.0. The average Bonchev–Trinajstić information content (AvgIpc) is 3.02. The predicted molar refractivity (Wildman–Crippen MR) is 94.0 cm³/mol.